The lowest BCUT2D eigenvalue weighted by molar-refractivity contribution is -0.122. The molecule has 90 valence electrons. The summed E-state index contributed by atoms with van der Waals surface area (Å²) in [6, 6.07) is 9.27. The fourth-order valence-electron chi connectivity index (χ4n) is 1.42. The van der Waals surface area contributed by atoms with E-state index >= 15 is 0 Å². The number of hydrogen-bond donors (Lipinski definition) is 2. The Morgan fingerprint density at radius 2 is 2.35 bits per heavy atom. The molecule has 0 heterocycles. The van der Waals surface area contributed by atoms with Crippen LogP contribution in [0.1, 0.15) is 24.5 Å². The van der Waals surface area contributed by atoms with Crippen molar-refractivity contribution in [2.24, 2.45) is 11.7 Å². The third kappa shape index (κ3) is 4.66. The molecule has 0 fully saturated rings. The van der Waals surface area contributed by atoms with Gasteiger partial charge >= 0.3 is 0 Å². The van der Waals surface area contributed by atoms with Crippen molar-refractivity contribution < 1.29 is 4.79 Å². The zero-order chi connectivity index (χ0) is 12.7. The molecule has 3 N–H and O–H groups in total. The number of benzene rings is 1. The normalized spacial score (nSPS) is 11.6. The minimum atomic E-state index is -0.00897. The lowest BCUT2D eigenvalue weighted by Gasteiger charge is -2.09. The standard InChI is InChI=1S/C13H17N3O/c1-10(7-14)5-13(17)16-9-12-4-2-3-11(6-12)8-15/h2-4,6,10H,5,7,9,14H2,1H3,(H,16,17). The number of carbonyl (C=O) groups is 1. The smallest absolute Gasteiger partial charge is 0.220 e. The van der Waals surface area contributed by atoms with Crippen LogP contribution in [0.25, 0.3) is 0 Å². The molecule has 4 heteroatoms. The van der Waals surface area contributed by atoms with E-state index in [1.807, 2.05) is 19.1 Å². The minimum absolute atomic E-state index is 0.00897. The van der Waals surface area contributed by atoms with Gasteiger partial charge in [0, 0.05) is 13.0 Å². The molecule has 0 aliphatic rings. The van der Waals surface area contributed by atoms with E-state index in [1.165, 1.54) is 0 Å². The lowest BCUT2D eigenvalue weighted by atomic mass is 10.1. The number of rotatable bonds is 5. The SMILES string of the molecule is CC(CN)CC(=O)NCc1cccc(C#N)c1. The summed E-state index contributed by atoms with van der Waals surface area (Å²) in [6.45, 7) is 2.90. The van der Waals surface area contributed by atoms with Crippen molar-refractivity contribution in [1.82, 2.24) is 5.32 Å². The Morgan fingerprint density at radius 1 is 1.59 bits per heavy atom. The second kappa shape index (κ2) is 6.66. The molecule has 0 bridgehead atoms. The summed E-state index contributed by atoms with van der Waals surface area (Å²) >= 11 is 0. The minimum Gasteiger partial charge on any atom is -0.352 e. The van der Waals surface area contributed by atoms with Crippen LogP contribution in [0.2, 0.25) is 0 Å². The van der Waals surface area contributed by atoms with Crippen molar-refractivity contribution in [2.45, 2.75) is 19.9 Å². The Hall–Kier alpha value is -1.86. The number of nitrogens with one attached hydrogen (secondary N) is 1. The van der Waals surface area contributed by atoms with E-state index in [1.54, 1.807) is 12.1 Å². The number of amides is 1. The fraction of sp³-hybridized carbons (Fsp3) is 0.385. The van der Waals surface area contributed by atoms with E-state index in [4.69, 9.17) is 11.0 Å². The number of nitrogens with zero attached hydrogens (tertiary/aromatic N) is 1. The van der Waals surface area contributed by atoms with Crippen molar-refractivity contribution in [3.63, 3.8) is 0 Å². The van der Waals surface area contributed by atoms with Gasteiger partial charge in [0.2, 0.25) is 5.91 Å². The van der Waals surface area contributed by atoms with Crippen LogP contribution in [0.3, 0.4) is 0 Å². The maximum Gasteiger partial charge on any atom is 0.220 e. The van der Waals surface area contributed by atoms with Crippen LogP contribution in [0, 0.1) is 17.2 Å². The molecule has 1 rings (SSSR count). The van der Waals surface area contributed by atoms with Crippen molar-refractivity contribution in [3.05, 3.63) is 35.4 Å². The molecule has 0 aliphatic carbocycles. The topological polar surface area (TPSA) is 78.9 Å². The molecule has 0 saturated heterocycles. The van der Waals surface area contributed by atoms with Crippen LogP contribution in [0.15, 0.2) is 24.3 Å². The first-order valence-corrected chi connectivity index (χ1v) is 5.61. The van der Waals surface area contributed by atoms with Gasteiger partial charge in [-0.3, -0.25) is 4.79 Å². The zero-order valence-electron chi connectivity index (χ0n) is 9.94. The number of nitriles is 1. The van der Waals surface area contributed by atoms with Gasteiger partial charge in [-0.2, -0.15) is 5.26 Å². The first kappa shape index (κ1) is 13.2. The predicted molar refractivity (Wildman–Crippen MR) is 65.8 cm³/mol. The molecule has 4 nitrogen and oxygen atoms in total. The predicted octanol–water partition coefficient (Wildman–Crippen LogP) is 1.16. The number of hydrogen-bond acceptors (Lipinski definition) is 3. The molecule has 1 aromatic carbocycles. The quantitative estimate of drug-likeness (QED) is 0.798. The molecule has 0 saturated carbocycles. The molecule has 17 heavy (non-hydrogen) atoms. The summed E-state index contributed by atoms with van der Waals surface area (Å²) in [4.78, 5) is 11.5. The van der Waals surface area contributed by atoms with Gasteiger partial charge in [-0.1, -0.05) is 19.1 Å². The Morgan fingerprint density at radius 3 is 3.00 bits per heavy atom. The summed E-state index contributed by atoms with van der Waals surface area (Å²) in [5, 5.41) is 11.6. The van der Waals surface area contributed by atoms with Crippen LogP contribution in [-0.2, 0) is 11.3 Å². The van der Waals surface area contributed by atoms with Crippen LogP contribution >= 0.6 is 0 Å². The first-order valence-electron chi connectivity index (χ1n) is 5.61. The van der Waals surface area contributed by atoms with Gasteiger partial charge in [0.1, 0.15) is 0 Å². The van der Waals surface area contributed by atoms with E-state index in [0.29, 0.717) is 25.1 Å². The highest BCUT2D eigenvalue weighted by Crippen LogP contribution is 2.04. The monoisotopic (exact) mass is 231 g/mol. The van der Waals surface area contributed by atoms with Gasteiger partial charge in [-0.05, 0) is 30.2 Å². The Kier molecular flexibility index (Phi) is 5.18. The first-order chi connectivity index (χ1) is 8.15. The lowest BCUT2D eigenvalue weighted by Crippen LogP contribution is -2.26. The van der Waals surface area contributed by atoms with Gasteiger partial charge in [-0.25, -0.2) is 0 Å². The van der Waals surface area contributed by atoms with Gasteiger partial charge in [0.25, 0.3) is 0 Å². The second-order valence-corrected chi connectivity index (χ2v) is 4.13. The maximum atomic E-state index is 11.5. The highest BCUT2D eigenvalue weighted by Gasteiger charge is 2.06. The van der Waals surface area contributed by atoms with Crippen LogP contribution in [0.4, 0.5) is 0 Å². The van der Waals surface area contributed by atoms with E-state index < -0.39 is 0 Å². The third-order valence-corrected chi connectivity index (χ3v) is 2.48. The Balaban J connectivity index is 2.45. The molecule has 1 amide bonds. The molecule has 0 aliphatic heterocycles. The van der Waals surface area contributed by atoms with Crippen molar-refractivity contribution in [1.29, 1.82) is 5.26 Å². The molecule has 0 radical (unpaired) electrons. The summed E-state index contributed by atoms with van der Waals surface area (Å²) in [5.41, 5.74) is 6.98. The highest BCUT2D eigenvalue weighted by atomic mass is 16.1. The molecule has 0 spiro atoms. The van der Waals surface area contributed by atoms with E-state index in [-0.39, 0.29) is 11.8 Å². The van der Waals surface area contributed by atoms with Gasteiger partial charge < -0.3 is 11.1 Å². The Labute approximate surface area is 101 Å². The van der Waals surface area contributed by atoms with Crippen molar-refractivity contribution >= 4 is 5.91 Å². The average Bonchev–Trinajstić information content (AvgIpc) is 2.36. The van der Waals surface area contributed by atoms with E-state index in [0.717, 1.165) is 5.56 Å². The summed E-state index contributed by atoms with van der Waals surface area (Å²) in [6.07, 6.45) is 0.439. The molecule has 1 aromatic rings. The Bertz CT molecular complexity index is 423. The van der Waals surface area contributed by atoms with Crippen LogP contribution in [-0.4, -0.2) is 12.5 Å². The second-order valence-electron chi connectivity index (χ2n) is 4.13. The third-order valence-electron chi connectivity index (χ3n) is 2.48. The van der Waals surface area contributed by atoms with Gasteiger partial charge in [0.05, 0.1) is 11.6 Å². The van der Waals surface area contributed by atoms with Gasteiger partial charge in [-0.15, -0.1) is 0 Å². The highest BCUT2D eigenvalue weighted by molar-refractivity contribution is 5.76. The van der Waals surface area contributed by atoms with Crippen molar-refractivity contribution in [2.75, 3.05) is 6.54 Å². The largest absolute Gasteiger partial charge is 0.352 e. The average molecular weight is 231 g/mol. The summed E-state index contributed by atoms with van der Waals surface area (Å²) < 4.78 is 0. The summed E-state index contributed by atoms with van der Waals surface area (Å²) in [5.74, 6) is 0.186. The van der Waals surface area contributed by atoms with Crippen molar-refractivity contribution in [3.8, 4) is 6.07 Å². The van der Waals surface area contributed by atoms with Gasteiger partial charge in [0.15, 0.2) is 0 Å². The van der Waals surface area contributed by atoms with Crippen LogP contribution < -0.4 is 11.1 Å². The molecule has 1 unspecified atom stereocenters. The maximum absolute atomic E-state index is 11.5. The number of nitrogens with two attached hydrogens (primary N) is 1. The molecular formula is C13H17N3O. The molecular weight excluding hydrogens is 214 g/mol. The van der Waals surface area contributed by atoms with E-state index in [2.05, 4.69) is 11.4 Å². The molecule has 0 aromatic heterocycles. The number of carbonyl (C=O) groups excluding carboxylic acids is 1. The fourth-order valence-corrected chi connectivity index (χ4v) is 1.42. The summed E-state index contributed by atoms with van der Waals surface area (Å²) in [7, 11) is 0. The zero-order valence-corrected chi connectivity index (χ0v) is 9.94. The van der Waals surface area contributed by atoms with Crippen LogP contribution in [0.5, 0.6) is 0 Å². The molecule has 1 atom stereocenters. The van der Waals surface area contributed by atoms with E-state index in [9.17, 15) is 4.79 Å².